The number of likely N-dealkylation sites (N-methyl/N-ethyl adjacent to an activating group) is 1. The Labute approximate surface area is 129 Å². The minimum atomic E-state index is 0.403. The quantitative estimate of drug-likeness (QED) is 0.871. The molecule has 1 aromatic carbocycles. The first kappa shape index (κ1) is 16.5. The average Bonchev–Trinajstić information content (AvgIpc) is 2.46. The molecule has 1 aliphatic heterocycles. The Hall–Kier alpha value is -0.900. The highest BCUT2D eigenvalue weighted by Gasteiger charge is 2.22. The molecule has 2 rings (SSSR count). The summed E-state index contributed by atoms with van der Waals surface area (Å²) in [7, 11) is 0. The summed E-state index contributed by atoms with van der Waals surface area (Å²) >= 11 is 0. The van der Waals surface area contributed by atoms with Crippen molar-refractivity contribution in [1.82, 2.24) is 10.2 Å². The van der Waals surface area contributed by atoms with E-state index in [1.54, 1.807) is 0 Å². The van der Waals surface area contributed by atoms with E-state index in [0.717, 1.165) is 39.2 Å². The first-order chi connectivity index (χ1) is 10.1. The number of benzene rings is 1. The summed E-state index contributed by atoms with van der Waals surface area (Å²) in [5, 5.41) is 3.65. The monoisotopic (exact) mass is 290 g/mol. The fourth-order valence-electron chi connectivity index (χ4n) is 3.20. The van der Waals surface area contributed by atoms with Crippen molar-refractivity contribution in [1.29, 1.82) is 0 Å². The summed E-state index contributed by atoms with van der Waals surface area (Å²) in [5.41, 5.74) is 4.11. The molecule has 1 aromatic rings. The Morgan fingerprint density at radius 2 is 1.95 bits per heavy atom. The lowest BCUT2D eigenvalue weighted by atomic mass is 10.0. The second kappa shape index (κ2) is 7.92. The number of ether oxygens (including phenoxy) is 1. The third-order valence-corrected chi connectivity index (χ3v) is 4.22. The minimum Gasteiger partial charge on any atom is -0.376 e. The molecule has 118 valence electrons. The third kappa shape index (κ3) is 4.80. The molecule has 3 heteroatoms. The first-order valence-corrected chi connectivity index (χ1v) is 8.27. The van der Waals surface area contributed by atoms with Crippen molar-refractivity contribution in [2.45, 2.75) is 46.3 Å². The van der Waals surface area contributed by atoms with Crippen LogP contribution in [0.25, 0.3) is 0 Å². The van der Waals surface area contributed by atoms with Crippen LogP contribution in [0.3, 0.4) is 0 Å². The van der Waals surface area contributed by atoms with E-state index in [9.17, 15) is 0 Å². The van der Waals surface area contributed by atoms with Crippen LogP contribution < -0.4 is 5.32 Å². The summed E-state index contributed by atoms with van der Waals surface area (Å²) in [6.45, 7) is 13.8. The number of hydrogen-bond acceptors (Lipinski definition) is 3. The molecular weight excluding hydrogens is 260 g/mol. The van der Waals surface area contributed by atoms with E-state index in [1.807, 2.05) is 0 Å². The van der Waals surface area contributed by atoms with E-state index in [0.29, 0.717) is 12.1 Å². The van der Waals surface area contributed by atoms with Crippen LogP contribution in [0.4, 0.5) is 0 Å². The van der Waals surface area contributed by atoms with Crippen molar-refractivity contribution in [2.75, 3.05) is 32.8 Å². The first-order valence-electron chi connectivity index (χ1n) is 8.27. The predicted octanol–water partition coefficient (Wildman–Crippen LogP) is 3.06. The molecule has 0 amide bonds. The van der Waals surface area contributed by atoms with Crippen molar-refractivity contribution in [3.8, 4) is 0 Å². The molecule has 21 heavy (non-hydrogen) atoms. The molecule has 2 atom stereocenters. The molecule has 0 spiro atoms. The SMILES string of the molecule is CCNC(CN1CCOC(CC)C1)c1cc(C)cc(C)c1. The van der Waals surface area contributed by atoms with Gasteiger partial charge in [0.25, 0.3) is 0 Å². The Bertz CT molecular complexity index is 427. The van der Waals surface area contributed by atoms with E-state index in [2.05, 4.69) is 56.1 Å². The summed E-state index contributed by atoms with van der Waals surface area (Å²) in [4.78, 5) is 2.54. The molecule has 0 aromatic heterocycles. The van der Waals surface area contributed by atoms with E-state index < -0.39 is 0 Å². The molecule has 0 bridgehead atoms. The van der Waals surface area contributed by atoms with Crippen LogP contribution >= 0.6 is 0 Å². The molecule has 2 unspecified atom stereocenters. The van der Waals surface area contributed by atoms with Crippen molar-refractivity contribution in [3.05, 3.63) is 34.9 Å². The Morgan fingerprint density at radius 3 is 2.57 bits per heavy atom. The van der Waals surface area contributed by atoms with Gasteiger partial charge in [-0.2, -0.15) is 0 Å². The summed E-state index contributed by atoms with van der Waals surface area (Å²) in [6, 6.07) is 7.29. The number of aryl methyl sites for hydroxylation is 2. The van der Waals surface area contributed by atoms with Gasteiger partial charge in [0, 0.05) is 25.7 Å². The Kier molecular flexibility index (Phi) is 6.22. The van der Waals surface area contributed by atoms with Crippen molar-refractivity contribution in [3.63, 3.8) is 0 Å². The van der Waals surface area contributed by atoms with E-state index in [-0.39, 0.29) is 0 Å². The van der Waals surface area contributed by atoms with Gasteiger partial charge in [0.05, 0.1) is 12.7 Å². The highest BCUT2D eigenvalue weighted by molar-refractivity contribution is 5.31. The van der Waals surface area contributed by atoms with Gasteiger partial charge in [-0.25, -0.2) is 0 Å². The van der Waals surface area contributed by atoms with Crippen molar-refractivity contribution < 1.29 is 4.74 Å². The fourth-order valence-corrected chi connectivity index (χ4v) is 3.20. The largest absolute Gasteiger partial charge is 0.376 e. The van der Waals surface area contributed by atoms with Gasteiger partial charge in [-0.05, 0) is 32.4 Å². The lowest BCUT2D eigenvalue weighted by molar-refractivity contribution is -0.0322. The van der Waals surface area contributed by atoms with Gasteiger partial charge < -0.3 is 10.1 Å². The van der Waals surface area contributed by atoms with Gasteiger partial charge in [0.2, 0.25) is 0 Å². The van der Waals surface area contributed by atoms with Crippen LogP contribution in [0.15, 0.2) is 18.2 Å². The molecular formula is C18H30N2O. The maximum atomic E-state index is 5.78. The molecule has 3 nitrogen and oxygen atoms in total. The van der Waals surface area contributed by atoms with Gasteiger partial charge >= 0.3 is 0 Å². The number of hydrogen-bond donors (Lipinski definition) is 1. The molecule has 1 N–H and O–H groups in total. The van der Waals surface area contributed by atoms with Gasteiger partial charge in [-0.3, -0.25) is 4.90 Å². The Morgan fingerprint density at radius 1 is 1.24 bits per heavy atom. The summed E-state index contributed by atoms with van der Waals surface area (Å²) in [6.07, 6.45) is 1.51. The standard InChI is InChI=1S/C18H30N2O/c1-5-17-12-20(7-8-21-17)13-18(19-6-2)16-10-14(3)9-15(4)11-16/h9-11,17-19H,5-8,12-13H2,1-4H3. The lowest BCUT2D eigenvalue weighted by Crippen LogP contribution is -2.45. The number of nitrogens with one attached hydrogen (secondary N) is 1. The topological polar surface area (TPSA) is 24.5 Å². The number of morpholine rings is 1. The van der Waals surface area contributed by atoms with Gasteiger partial charge in [0.15, 0.2) is 0 Å². The normalized spacial score (nSPS) is 21.4. The van der Waals surface area contributed by atoms with Crippen LogP contribution in [-0.2, 0) is 4.74 Å². The smallest absolute Gasteiger partial charge is 0.0700 e. The lowest BCUT2D eigenvalue weighted by Gasteiger charge is -2.35. The summed E-state index contributed by atoms with van der Waals surface area (Å²) < 4.78 is 5.78. The molecule has 0 saturated carbocycles. The molecule has 1 fully saturated rings. The van der Waals surface area contributed by atoms with Gasteiger partial charge in [-0.1, -0.05) is 43.2 Å². The van der Waals surface area contributed by atoms with E-state index in [4.69, 9.17) is 4.74 Å². The zero-order chi connectivity index (χ0) is 15.2. The molecule has 0 radical (unpaired) electrons. The van der Waals surface area contributed by atoms with E-state index >= 15 is 0 Å². The van der Waals surface area contributed by atoms with E-state index in [1.165, 1.54) is 16.7 Å². The maximum absolute atomic E-state index is 5.78. The van der Waals surface area contributed by atoms with Crippen molar-refractivity contribution in [2.24, 2.45) is 0 Å². The van der Waals surface area contributed by atoms with Crippen LogP contribution in [0.1, 0.15) is 43.0 Å². The highest BCUT2D eigenvalue weighted by Crippen LogP contribution is 2.20. The second-order valence-corrected chi connectivity index (χ2v) is 6.19. The van der Waals surface area contributed by atoms with Crippen molar-refractivity contribution >= 4 is 0 Å². The van der Waals surface area contributed by atoms with Crippen LogP contribution in [-0.4, -0.2) is 43.8 Å². The van der Waals surface area contributed by atoms with Crippen LogP contribution in [0.5, 0.6) is 0 Å². The van der Waals surface area contributed by atoms with Crippen LogP contribution in [0.2, 0.25) is 0 Å². The predicted molar refractivity (Wildman–Crippen MR) is 88.8 cm³/mol. The number of nitrogens with zero attached hydrogens (tertiary/aromatic N) is 1. The van der Waals surface area contributed by atoms with Gasteiger partial charge in [0.1, 0.15) is 0 Å². The van der Waals surface area contributed by atoms with Crippen LogP contribution in [0, 0.1) is 13.8 Å². The third-order valence-electron chi connectivity index (χ3n) is 4.22. The second-order valence-electron chi connectivity index (χ2n) is 6.19. The molecule has 1 heterocycles. The zero-order valence-electron chi connectivity index (χ0n) is 14.0. The average molecular weight is 290 g/mol. The zero-order valence-corrected chi connectivity index (χ0v) is 14.0. The number of rotatable bonds is 6. The molecule has 0 aliphatic carbocycles. The maximum Gasteiger partial charge on any atom is 0.0700 e. The Balaban J connectivity index is 2.07. The minimum absolute atomic E-state index is 0.403. The fraction of sp³-hybridized carbons (Fsp3) is 0.667. The molecule has 1 saturated heterocycles. The highest BCUT2D eigenvalue weighted by atomic mass is 16.5. The summed E-state index contributed by atoms with van der Waals surface area (Å²) in [5.74, 6) is 0. The molecule has 1 aliphatic rings. The van der Waals surface area contributed by atoms with Gasteiger partial charge in [-0.15, -0.1) is 0 Å².